The van der Waals surface area contributed by atoms with Gasteiger partial charge < -0.3 is 9.84 Å². The molecule has 4 heteroatoms. The van der Waals surface area contributed by atoms with Crippen LogP contribution < -0.4 is 4.74 Å². The Morgan fingerprint density at radius 2 is 2.43 bits per heavy atom. The van der Waals surface area contributed by atoms with E-state index in [1.54, 1.807) is 13.2 Å². The molecule has 0 spiro atoms. The molecular weight excluding hydrogens is 202 g/mol. The number of pyridine rings is 1. The smallest absolute Gasteiger partial charge is 0.214 e. The maximum Gasteiger partial charge on any atom is 0.214 e. The van der Waals surface area contributed by atoms with Crippen molar-refractivity contribution in [3.8, 4) is 5.88 Å². The zero-order chi connectivity index (χ0) is 10.1. The maximum absolute atomic E-state index is 9.73. The van der Waals surface area contributed by atoms with Crippen LogP contribution in [0.25, 0.3) is 0 Å². The lowest BCUT2D eigenvalue weighted by molar-refractivity contribution is 0.150. The molecule has 2 rings (SSSR count). The van der Waals surface area contributed by atoms with E-state index in [0.29, 0.717) is 16.6 Å². The molecule has 1 N–H and O–H groups in total. The summed E-state index contributed by atoms with van der Waals surface area (Å²) in [6, 6.07) is 1.69. The normalized spacial score (nSPS) is 20.4. The van der Waals surface area contributed by atoms with Crippen LogP contribution in [-0.4, -0.2) is 17.2 Å². The highest BCUT2D eigenvalue weighted by atomic mass is 35.5. The van der Waals surface area contributed by atoms with Gasteiger partial charge in [-0.15, -0.1) is 0 Å². The molecule has 0 saturated heterocycles. The Morgan fingerprint density at radius 3 is 3.14 bits per heavy atom. The second-order valence-corrected chi connectivity index (χ2v) is 3.83. The Labute approximate surface area is 87.7 Å². The van der Waals surface area contributed by atoms with E-state index in [9.17, 15) is 5.11 Å². The second kappa shape index (κ2) is 3.75. The molecule has 0 radical (unpaired) electrons. The summed E-state index contributed by atoms with van der Waals surface area (Å²) in [6.07, 6.45) is 2.11. The van der Waals surface area contributed by atoms with Gasteiger partial charge in [-0.1, -0.05) is 11.6 Å². The van der Waals surface area contributed by atoms with Crippen molar-refractivity contribution in [2.24, 2.45) is 0 Å². The Bertz CT molecular complexity index is 354. The predicted octanol–water partition coefficient (Wildman–Crippen LogP) is 2.11. The number of aliphatic hydroxyl groups excluding tert-OH is 1. The molecular formula is C10H12ClNO2. The average Bonchev–Trinajstić information content (AvgIpc) is 2.19. The predicted molar refractivity (Wildman–Crippen MR) is 53.7 cm³/mol. The monoisotopic (exact) mass is 213 g/mol. The van der Waals surface area contributed by atoms with Crippen LogP contribution in [0.1, 0.15) is 30.2 Å². The lowest BCUT2D eigenvalue weighted by Crippen LogP contribution is -2.12. The van der Waals surface area contributed by atoms with E-state index >= 15 is 0 Å². The van der Waals surface area contributed by atoms with Crippen LogP contribution in [0.15, 0.2) is 6.07 Å². The van der Waals surface area contributed by atoms with Gasteiger partial charge in [0, 0.05) is 6.07 Å². The van der Waals surface area contributed by atoms with Gasteiger partial charge in [0.2, 0.25) is 5.88 Å². The Balaban J connectivity index is 2.51. The van der Waals surface area contributed by atoms with Crippen molar-refractivity contribution in [3.05, 3.63) is 22.3 Å². The number of hydrogen-bond acceptors (Lipinski definition) is 3. The van der Waals surface area contributed by atoms with Gasteiger partial charge in [-0.3, -0.25) is 0 Å². The molecule has 1 heterocycles. The van der Waals surface area contributed by atoms with E-state index in [1.165, 1.54) is 0 Å². The molecule has 1 aliphatic carbocycles. The summed E-state index contributed by atoms with van der Waals surface area (Å²) in [5.41, 5.74) is 1.65. The first-order valence-corrected chi connectivity index (χ1v) is 5.01. The minimum Gasteiger partial charge on any atom is -0.481 e. The van der Waals surface area contributed by atoms with Crippen molar-refractivity contribution in [2.75, 3.05) is 7.11 Å². The summed E-state index contributed by atoms with van der Waals surface area (Å²) in [6.45, 7) is 0. The third kappa shape index (κ3) is 1.57. The molecule has 1 aliphatic rings. The number of aliphatic hydroxyl groups is 1. The van der Waals surface area contributed by atoms with Gasteiger partial charge in [0.25, 0.3) is 0 Å². The Kier molecular flexibility index (Phi) is 2.61. The van der Waals surface area contributed by atoms with Crippen LogP contribution in [0.3, 0.4) is 0 Å². The summed E-state index contributed by atoms with van der Waals surface area (Å²) in [7, 11) is 1.54. The van der Waals surface area contributed by atoms with Crippen molar-refractivity contribution in [1.82, 2.24) is 4.98 Å². The number of hydrogen-bond donors (Lipinski definition) is 1. The number of ether oxygens (including phenoxy) is 1. The third-order valence-electron chi connectivity index (χ3n) is 2.51. The maximum atomic E-state index is 9.73. The van der Waals surface area contributed by atoms with E-state index in [1.807, 2.05) is 0 Å². The highest BCUT2D eigenvalue weighted by molar-refractivity contribution is 6.31. The van der Waals surface area contributed by atoms with Crippen molar-refractivity contribution in [3.63, 3.8) is 0 Å². The number of nitrogens with zero attached hydrogens (tertiary/aromatic N) is 1. The standard InChI is InChI=1S/C10H12ClNO2/c1-14-9-5-7(11)6-3-2-4-8(13)10(6)12-9/h5,8,13H,2-4H2,1H3. The first-order valence-electron chi connectivity index (χ1n) is 4.63. The quantitative estimate of drug-likeness (QED) is 0.777. The molecule has 0 amide bonds. The third-order valence-corrected chi connectivity index (χ3v) is 2.84. The number of rotatable bonds is 1. The summed E-state index contributed by atoms with van der Waals surface area (Å²) in [4.78, 5) is 4.22. The van der Waals surface area contributed by atoms with Crippen LogP contribution in [0.5, 0.6) is 5.88 Å². The van der Waals surface area contributed by atoms with Crippen molar-refractivity contribution >= 4 is 11.6 Å². The van der Waals surface area contributed by atoms with E-state index in [2.05, 4.69) is 4.98 Å². The molecule has 0 fully saturated rings. The van der Waals surface area contributed by atoms with Crippen LogP contribution >= 0.6 is 11.6 Å². The van der Waals surface area contributed by atoms with Crippen molar-refractivity contribution < 1.29 is 9.84 Å². The molecule has 14 heavy (non-hydrogen) atoms. The Morgan fingerprint density at radius 1 is 1.64 bits per heavy atom. The summed E-state index contributed by atoms with van der Waals surface area (Å²) < 4.78 is 5.00. The van der Waals surface area contributed by atoms with Gasteiger partial charge in [0.05, 0.1) is 23.9 Å². The minimum atomic E-state index is -0.494. The summed E-state index contributed by atoms with van der Waals surface area (Å²) in [5.74, 6) is 0.467. The number of fused-ring (bicyclic) bond motifs is 1. The molecule has 1 unspecified atom stereocenters. The van der Waals surface area contributed by atoms with Crippen LogP contribution in [0, 0.1) is 0 Å². The molecule has 1 aromatic heterocycles. The highest BCUT2D eigenvalue weighted by Crippen LogP contribution is 2.34. The van der Waals surface area contributed by atoms with Crippen molar-refractivity contribution in [1.29, 1.82) is 0 Å². The zero-order valence-corrected chi connectivity index (χ0v) is 8.71. The highest BCUT2D eigenvalue weighted by Gasteiger charge is 2.22. The van der Waals surface area contributed by atoms with Gasteiger partial charge in [-0.2, -0.15) is 0 Å². The Hall–Kier alpha value is -0.800. The van der Waals surface area contributed by atoms with Gasteiger partial charge in [-0.05, 0) is 24.8 Å². The number of methoxy groups -OCH3 is 1. The number of aromatic nitrogens is 1. The van der Waals surface area contributed by atoms with E-state index in [4.69, 9.17) is 16.3 Å². The molecule has 0 aliphatic heterocycles. The summed E-state index contributed by atoms with van der Waals surface area (Å²) >= 11 is 6.06. The molecule has 76 valence electrons. The first kappa shape index (κ1) is 9.74. The lowest BCUT2D eigenvalue weighted by Gasteiger charge is -2.21. The molecule has 1 atom stereocenters. The topological polar surface area (TPSA) is 42.4 Å². The van der Waals surface area contributed by atoms with Crippen LogP contribution in [-0.2, 0) is 6.42 Å². The molecule has 3 nitrogen and oxygen atoms in total. The van der Waals surface area contributed by atoms with Gasteiger partial charge in [0.15, 0.2) is 0 Å². The van der Waals surface area contributed by atoms with Crippen LogP contribution in [0.4, 0.5) is 0 Å². The summed E-state index contributed by atoms with van der Waals surface area (Å²) in [5, 5.41) is 10.4. The fourth-order valence-corrected chi connectivity index (χ4v) is 2.06. The van der Waals surface area contributed by atoms with Gasteiger partial charge in [0.1, 0.15) is 0 Å². The molecule has 0 bridgehead atoms. The van der Waals surface area contributed by atoms with E-state index < -0.39 is 6.10 Å². The second-order valence-electron chi connectivity index (χ2n) is 3.42. The fourth-order valence-electron chi connectivity index (χ4n) is 1.77. The molecule has 0 saturated carbocycles. The lowest BCUT2D eigenvalue weighted by atomic mass is 9.94. The van der Waals surface area contributed by atoms with Gasteiger partial charge >= 0.3 is 0 Å². The fraction of sp³-hybridized carbons (Fsp3) is 0.500. The van der Waals surface area contributed by atoms with E-state index in [0.717, 1.165) is 24.8 Å². The van der Waals surface area contributed by atoms with Crippen molar-refractivity contribution in [2.45, 2.75) is 25.4 Å². The van der Waals surface area contributed by atoms with Crippen LogP contribution in [0.2, 0.25) is 5.02 Å². The molecule has 1 aromatic rings. The SMILES string of the molecule is COc1cc(Cl)c2c(n1)C(O)CCC2. The number of halogens is 1. The average molecular weight is 214 g/mol. The largest absolute Gasteiger partial charge is 0.481 e. The molecule has 0 aromatic carbocycles. The minimum absolute atomic E-state index is 0.467. The van der Waals surface area contributed by atoms with Gasteiger partial charge in [-0.25, -0.2) is 4.98 Å². The van der Waals surface area contributed by atoms with E-state index in [-0.39, 0.29) is 0 Å². The zero-order valence-electron chi connectivity index (χ0n) is 7.96. The first-order chi connectivity index (χ1) is 6.72.